The minimum Gasteiger partial charge on any atom is -1.00 e. The molecule has 2 rings (SSSR count). The first kappa shape index (κ1) is 29.2. The Labute approximate surface area is 211 Å². The van der Waals surface area contributed by atoms with Crippen LogP contribution in [0, 0.1) is 5.92 Å². The summed E-state index contributed by atoms with van der Waals surface area (Å²) in [6.07, 6.45) is 24.7. The van der Waals surface area contributed by atoms with Gasteiger partial charge in [0.25, 0.3) is 0 Å². The summed E-state index contributed by atoms with van der Waals surface area (Å²) in [6, 6.07) is 0.733. The predicted octanol–water partition coefficient (Wildman–Crippen LogP) is 4.42. The Kier molecular flexibility index (Phi) is 16.6. The van der Waals surface area contributed by atoms with Crippen LogP contribution in [0.4, 0.5) is 0 Å². The molecule has 3 atom stereocenters. The molecule has 2 fully saturated rings. The highest BCUT2D eigenvalue weighted by molar-refractivity contribution is 5.69. The molecule has 0 aromatic carbocycles. The molecular weight excluding hydrogens is 497 g/mol. The minimum atomic E-state index is 0. The largest absolute Gasteiger partial charge is 1.00 e. The van der Waals surface area contributed by atoms with Crippen molar-refractivity contribution in [1.29, 1.82) is 0 Å². The van der Waals surface area contributed by atoms with E-state index >= 15 is 0 Å². The van der Waals surface area contributed by atoms with E-state index in [0.717, 1.165) is 12.5 Å². The Morgan fingerprint density at radius 2 is 1.32 bits per heavy atom. The van der Waals surface area contributed by atoms with Gasteiger partial charge < -0.3 is 33.2 Å². The summed E-state index contributed by atoms with van der Waals surface area (Å²) in [5.74, 6) is 0.647. The second-order valence-corrected chi connectivity index (χ2v) is 10.6. The molecule has 3 unspecified atom stereocenters. The second kappa shape index (κ2) is 17.6. The van der Waals surface area contributed by atoms with Crippen LogP contribution in [-0.2, 0) is 9.53 Å². The number of quaternary nitrogens is 1. The summed E-state index contributed by atoms with van der Waals surface area (Å²) in [5.41, 5.74) is 0. The molecule has 0 aromatic rings. The van der Waals surface area contributed by atoms with Crippen LogP contribution in [0.1, 0.15) is 129 Å². The Hall–Kier alpha value is 0.160. The van der Waals surface area contributed by atoms with Crippen LogP contribution in [0.3, 0.4) is 0 Å². The first-order chi connectivity index (χ1) is 14.7. The third kappa shape index (κ3) is 11.7. The van der Waals surface area contributed by atoms with Crippen LogP contribution in [0.15, 0.2) is 0 Å². The number of carbonyl (C=O) groups excluding carboxylic acids is 1. The van der Waals surface area contributed by atoms with Crippen molar-refractivity contribution in [3.05, 3.63) is 0 Å². The first-order valence-corrected chi connectivity index (χ1v) is 13.7. The Morgan fingerprint density at radius 1 is 0.774 bits per heavy atom. The number of esters is 1. The average molecular weight is 550 g/mol. The zero-order chi connectivity index (χ0) is 21.5. The number of hydrogen-bond donors (Lipinski definition) is 0. The average Bonchev–Trinajstić information content (AvgIpc) is 2.75. The Morgan fingerprint density at radius 3 is 1.94 bits per heavy atom. The number of rotatable bonds is 16. The molecule has 0 spiro atoms. The molecule has 3 nitrogen and oxygen atoms in total. The van der Waals surface area contributed by atoms with Crippen molar-refractivity contribution >= 4 is 5.97 Å². The fourth-order valence-corrected chi connectivity index (χ4v) is 5.99. The van der Waals surface area contributed by atoms with Gasteiger partial charge in [0.2, 0.25) is 0 Å². The van der Waals surface area contributed by atoms with Crippen molar-refractivity contribution in [1.82, 2.24) is 0 Å². The third-order valence-electron chi connectivity index (χ3n) is 7.95. The van der Waals surface area contributed by atoms with Gasteiger partial charge in [0, 0.05) is 18.8 Å². The lowest BCUT2D eigenvalue weighted by Crippen LogP contribution is -3.00. The van der Waals surface area contributed by atoms with Gasteiger partial charge in [-0.15, -0.1) is 0 Å². The summed E-state index contributed by atoms with van der Waals surface area (Å²) in [7, 11) is 2.44. The third-order valence-corrected chi connectivity index (χ3v) is 7.95. The molecular formula is C27H52INO2. The van der Waals surface area contributed by atoms with E-state index < -0.39 is 0 Å². The number of ether oxygens (including phenoxy) is 1. The van der Waals surface area contributed by atoms with Gasteiger partial charge in [-0.2, -0.15) is 0 Å². The van der Waals surface area contributed by atoms with Gasteiger partial charge in [-0.25, -0.2) is 0 Å². The molecule has 0 bridgehead atoms. The van der Waals surface area contributed by atoms with Crippen molar-refractivity contribution in [2.24, 2.45) is 5.92 Å². The maximum absolute atomic E-state index is 12.2. The molecule has 0 radical (unpaired) electrons. The van der Waals surface area contributed by atoms with Crippen molar-refractivity contribution in [2.45, 2.75) is 135 Å². The number of halogens is 1. The van der Waals surface area contributed by atoms with E-state index in [1.54, 1.807) is 0 Å². The number of hydrogen-bond acceptors (Lipinski definition) is 2. The summed E-state index contributed by atoms with van der Waals surface area (Å²) in [6.45, 7) is 5.61. The van der Waals surface area contributed by atoms with E-state index in [9.17, 15) is 4.79 Å². The molecule has 0 amide bonds. The standard InChI is InChI=1S/C27H52NO2.HI/c1-3-4-5-6-7-8-9-10-11-12-13-14-15-21-27(29)30-24-25-19-18-23-28(2)22-17-16-20-26(25)28;/h25-26H,3-24H2,1-2H3;1H/q+1;/p-1. The van der Waals surface area contributed by atoms with Crippen LogP contribution in [-0.4, -0.2) is 43.2 Å². The second-order valence-electron chi connectivity index (χ2n) is 10.6. The van der Waals surface area contributed by atoms with E-state index in [1.807, 2.05) is 0 Å². The Bertz CT molecular complexity index is 455. The molecule has 0 aromatic heterocycles. The summed E-state index contributed by atoms with van der Waals surface area (Å²) in [4.78, 5) is 12.2. The van der Waals surface area contributed by atoms with Gasteiger partial charge >= 0.3 is 5.97 Å². The van der Waals surface area contributed by atoms with Gasteiger partial charge in [-0.05, 0) is 32.1 Å². The van der Waals surface area contributed by atoms with Crippen molar-refractivity contribution < 1.29 is 38.0 Å². The highest BCUT2D eigenvalue weighted by atomic mass is 127. The normalized spacial score (nSPS) is 25.5. The molecule has 2 heterocycles. The number of unbranched alkanes of at least 4 members (excludes halogenated alkanes) is 12. The zero-order valence-electron chi connectivity index (χ0n) is 20.9. The van der Waals surface area contributed by atoms with E-state index in [0.29, 0.717) is 18.9 Å². The van der Waals surface area contributed by atoms with E-state index in [4.69, 9.17) is 4.74 Å². The quantitative estimate of drug-likeness (QED) is 0.123. The van der Waals surface area contributed by atoms with Crippen molar-refractivity contribution in [2.75, 3.05) is 26.7 Å². The molecule has 31 heavy (non-hydrogen) atoms. The van der Waals surface area contributed by atoms with Crippen molar-refractivity contribution in [3.8, 4) is 0 Å². The predicted molar refractivity (Wildman–Crippen MR) is 128 cm³/mol. The van der Waals surface area contributed by atoms with Gasteiger partial charge in [0.15, 0.2) is 0 Å². The highest BCUT2D eigenvalue weighted by Gasteiger charge is 2.43. The van der Waals surface area contributed by atoms with Gasteiger partial charge in [0.05, 0.1) is 32.8 Å². The number of nitrogens with zero attached hydrogens (tertiary/aromatic N) is 1. The zero-order valence-corrected chi connectivity index (χ0v) is 23.0. The fourth-order valence-electron chi connectivity index (χ4n) is 5.99. The molecule has 2 aliphatic heterocycles. The van der Waals surface area contributed by atoms with E-state index in [1.165, 1.54) is 127 Å². The Balaban J connectivity index is 0.00000480. The van der Waals surface area contributed by atoms with Gasteiger partial charge in [-0.1, -0.05) is 84.0 Å². The summed E-state index contributed by atoms with van der Waals surface area (Å²) in [5, 5.41) is 0. The topological polar surface area (TPSA) is 26.3 Å². The first-order valence-electron chi connectivity index (χ1n) is 13.7. The smallest absolute Gasteiger partial charge is 0.305 e. The fraction of sp³-hybridized carbons (Fsp3) is 0.963. The maximum atomic E-state index is 12.2. The molecule has 0 saturated carbocycles. The van der Waals surface area contributed by atoms with E-state index in [2.05, 4.69) is 14.0 Å². The van der Waals surface area contributed by atoms with Crippen LogP contribution in [0.5, 0.6) is 0 Å². The van der Waals surface area contributed by atoms with Crippen molar-refractivity contribution in [3.63, 3.8) is 0 Å². The molecule has 184 valence electrons. The van der Waals surface area contributed by atoms with Crippen LogP contribution >= 0.6 is 0 Å². The summed E-state index contributed by atoms with van der Waals surface area (Å²) < 4.78 is 6.97. The van der Waals surface area contributed by atoms with Crippen LogP contribution in [0.2, 0.25) is 0 Å². The summed E-state index contributed by atoms with van der Waals surface area (Å²) >= 11 is 0. The van der Waals surface area contributed by atoms with Crippen LogP contribution in [0.25, 0.3) is 0 Å². The number of fused-ring (bicyclic) bond motifs is 1. The van der Waals surface area contributed by atoms with Gasteiger partial charge in [0.1, 0.15) is 0 Å². The van der Waals surface area contributed by atoms with E-state index in [-0.39, 0.29) is 29.9 Å². The lowest BCUT2D eigenvalue weighted by Gasteiger charge is -2.51. The number of piperidine rings is 2. The lowest BCUT2D eigenvalue weighted by atomic mass is 9.82. The van der Waals surface area contributed by atoms with Gasteiger partial charge in [-0.3, -0.25) is 4.79 Å². The molecule has 0 N–H and O–H groups in total. The highest BCUT2D eigenvalue weighted by Crippen LogP contribution is 2.36. The molecule has 0 aliphatic carbocycles. The number of carbonyl (C=O) groups is 1. The molecule has 4 heteroatoms. The molecule has 2 aliphatic rings. The maximum Gasteiger partial charge on any atom is 0.305 e. The monoisotopic (exact) mass is 549 g/mol. The minimum absolute atomic E-state index is 0. The SMILES string of the molecule is CCCCCCCCCCCCCCCC(=O)OCC1CCC[N+]2(C)CCCCC12.[I-]. The molecule has 2 saturated heterocycles. The lowest BCUT2D eigenvalue weighted by molar-refractivity contribution is -0.947. The van der Waals surface area contributed by atoms with Crippen LogP contribution < -0.4 is 24.0 Å².